The molecule has 0 atom stereocenters. The Morgan fingerprint density at radius 2 is 1.94 bits per heavy atom. The fourth-order valence-corrected chi connectivity index (χ4v) is 2.25. The highest BCUT2D eigenvalue weighted by Crippen LogP contribution is 2.09. The smallest absolute Gasteiger partial charge is 0.163 e. The number of benzene rings is 1. The van der Waals surface area contributed by atoms with Gasteiger partial charge in [-0.15, -0.1) is 11.3 Å². The topological polar surface area (TPSA) is 26.3 Å². The quantitative estimate of drug-likeness (QED) is 0.783. The zero-order valence-corrected chi connectivity index (χ0v) is 10.3. The number of ether oxygens (including phenoxy) is 1. The van der Waals surface area contributed by atoms with E-state index in [1.54, 1.807) is 11.3 Å². The van der Waals surface area contributed by atoms with E-state index in [-0.39, 0.29) is 12.4 Å². The van der Waals surface area contributed by atoms with Gasteiger partial charge in [-0.2, -0.15) is 0 Å². The number of thiophene rings is 1. The molecule has 2 rings (SSSR count). The molecule has 1 aromatic carbocycles. The number of carbonyl (C=O) groups is 1. The predicted molar refractivity (Wildman–Crippen MR) is 69.1 cm³/mol. The summed E-state index contributed by atoms with van der Waals surface area (Å²) in [6, 6.07) is 13.8. The molecule has 0 bridgehead atoms. The number of Topliss-reactive ketones (excluding diaryl/α,β-unsaturated/α-hetero) is 1. The Labute approximate surface area is 105 Å². The number of carbonyl (C=O) groups excluding carboxylic acids is 1. The van der Waals surface area contributed by atoms with Crippen LogP contribution in [0, 0.1) is 0 Å². The van der Waals surface area contributed by atoms with Crippen LogP contribution in [-0.2, 0) is 22.6 Å². The molecule has 0 N–H and O–H groups in total. The van der Waals surface area contributed by atoms with E-state index in [1.165, 1.54) is 0 Å². The summed E-state index contributed by atoms with van der Waals surface area (Å²) in [6.45, 7) is 0.684. The Bertz CT molecular complexity index is 448. The minimum absolute atomic E-state index is 0.128. The van der Waals surface area contributed by atoms with Gasteiger partial charge in [0.15, 0.2) is 5.78 Å². The van der Waals surface area contributed by atoms with Gasteiger partial charge in [-0.25, -0.2) is 0 Å². The Morgan fingerprint density at radius 3 is 2.65 bits per heavy atom. The molecule has 0 fully saturated rings. The number of ketones is 1. The average Bonchev–Trinajstić information content (AvgIpc) is 2.83. The van der Waals surface area contributed by atoms with Crippen LogP contribution in [0.4, 0.5) is 0 Å². The first kappa shape index (κ1) is 12.0. The van der Waals surface area contributed by atoms with Crippen molar-refractivity contribution in [3.8, 4) is 0 Å². The van der Waals surface area contributed by atoms with E-state index < -0.39 is 0 Å². The van der Waals surface area contributed by atoms with Gasteiger partial charge in [0.1, 0.15) is 6.61 Å². The summed E-state index contributed by atoms with van der Waals surface area (Å²) < 4.78 is 5.39. The molecule has 1 aromatic heterocycles. The maximum atomic E-state index is 11.6. The fraction of sp³-hybridized carbons (Fsp3) is 0.214. The third-order valence-corrected chi connectivity index (χ3v) is 3.20. The van der Waals surface area contributed by atoms with E-state index in [0.717, 1.165) is 10.4 Å². The van der Waals surface area contributed by atoms with Gasteiger partial charge in [-0.05, 0) is 17.0 Å². The first-order valence-electron chi connectivity index (χ1n) is 5.50. The third kappa shape index (κ3) is 4.13. The molecule has 0 saturated carbocycles. The molecule has 0 saturated heterocycles. The maximum absolute atomic E-state index is 11.6. The van der Waals surface area contributed by atoms with Crippen LogP contribution in [-0.4, -0.2) is 12.4 Å². The lowest BCUT2D eigenvalue weighted by molar-refractivity contribution is -0.123. The van der Waals surface area contributed by atoms with Crippen molar-refractivity contribution < 1.29 is 9.53 Å². The van der Waals surface area contributed by atoms with Gasteiger partial charge in [-0.3, -0.25) is 4.79 Å². The molecule has 0 spiro atoms. The van der Waals surface area contributed by atoms with Gasteiger partial charge in [0.2, 0.25) is 0 Å². The lowest BCUT2D eigenvalue weighted by Gasteiger charge is -2.03. The van der Waals surface area contributed by atoms with E-state index >= 15 is 0 Å². The normalized spacial score (nSPS) is 10.4. The summed E-state index contributed by atoms with van der Waals surface area (Å²) in [6.07, 6.45) is 0.479. The van der Waals surface area contributed by atoms with Gasteiger partial charge in [0, 0.05) is 11.3 Å². The Kier molecular flexibility index (Phi) is 4.47. The van der Waals surface area contributed by atoms with Crippen LogP contribution >= 0.6 is 11.3 Å². The number of hydrogen-bond acceptors (Lipinski definition) is 3. The predicted octanol–water partition coefficient (Wildman–Crippen LogP) is 3.08. The molecule has 0 unspecified atom stereocenters. The van der Waals surface area contributed by atoms with Gasteiger partial charge < -0.3 is 4.74 Å². The van der Waals surface area contributed by atoms with Crippen molar-refractivity contribution in [1.82, 2.24) is 0 Å². The van der Waals surface area contributed by atoms with Gasteiger partial charge in [-0.1, -0.05) is 36.4 Å². The standard InChI is InChI=1S/C14H14O2S/c15-13(9-14-7-4-8-17-14)11-16-10-12-5-2-1-3-6-12/h1-8H,9-11H2. The first-order valence-corrected chi connectivity index (χ1v) is 6.38. The maximum Gasteiger partial charge on any atom is 0.163 e. The molecule has 2 nitrogen and oxygen atoms in total. The summed E-state index contributed by atoms with van der Waals surface area (Å²) in [5.41, 5.74) is 1.09. The average molecular weight is 246 g/mol. The molecule has 0 radical (unpaired) electrons. The molecule has 0 aliphatic rings. The van der Waals surface area contributed by atoms with E-state index in [4.69, 9.17) is 4.74 Å². The van der Waals surface area contributed by atoms with Crippen molar-refractivity contribution in [1.29, 1.82) is 0 Å². The molecular formula is C14H14O2S. The Balaban J connectivity index is 1.70. The second-order valence-electron chi connectivity index (χ2n) is 3.77. The second kappa shape index (κ2) is 6.33. The Hall–Kier alpha value is -1.45. The highest BCUT2D eigenvalue weighted by Gasteiger charge is 2.04. The minimum atomic E-state index is 0.128. The van der Waals surface area contributed by atoms with Crippen LogP contribution in [0.5, 0.6) is 0 Å². The van der Waals surface area contributed by atoms with Crippen molar-refractivity contribution >= 4 is 17.1 Å². The monoisotopic (exact) mass is 246 g/mol. The van der Waals surface area contributed by atoms with Crippen LogP contribution in [0.2, 0.25) is 0 Å². The van der Waals surface area contributed by atoms with E-state index in [1.807, 2.05) is 47.8 Å². The van der Waals surface area contributed by atoms with Crippen LogP contribution < -0.4 is 0 Å². The van der Waals surface area contributed by atoms with E-state index in [0.29, 0.717) is 13.0 Å². The lowest BCUT2D eigenvalue weighted by atomic mass is 10.2. The molecule has 88 valence electrons. The zero-order valence-electron chi connectivity index (χ0n) is 9.46. The second-order valence-corrected chi connectivity index (χ2v) is 4.81. The molecule has 2 aromatic rings. The summed E-state index contributed by atoms with van der Waals surface area (Å²) in [4.78, 5) is 12.7. The van der Waals surface area contributed by atoms with E-state index in [9.17, 15) is 4.79 Å². The lowest BCUT2D eigenvalue weighted by Crippen LogP contribution is -2.10. The Morgan fingerprint density at radius 1 is 1.12 bits per heavy atom. The van der Waals surface area contributed by atoms with Crippen molar-refractivity contribution in [3.05, 3.63) is 58.3 Å². The summed E-state index contributed by atoms with van der Waals surface area (Å²) in [5.74, 6) is 0.128. The van der Waals surface area contributed by atoms with Crippen LogP contribution in [0.3, 0.4) is 0 Å². The summed E-state index contributed by atoms with van der Waals surface area (Å²) in [5, 5.41) is 1.98. The zero-order chi connectivity index (χ0) is 11.9. The molecular weight excluding hydrogens is 232 g/mol. The SMILES string of the molecule is O=C(COCc1ccccc1)Cc1cccs1. The first-order chi connectivity index (χ1) is 8.34. The largest absolute Gasteiger partial charge is 0.369 e. The molecule has 0 aliphatic carbocycles. The van der Waals surface area contributed by atoms with Gasteiger partial charge in [0.25, 0.3) is 0 Å². The molecule has 1 heterocycles. The highest BCUT2D eigenvalue weighted by molar-refractivity contribution is 7.10. The molecule has 17 heavy (non-hydrogen) atoms. The van der Waals surface area contributed by atoms with Gasteiger partial charge in [0.05, 0.1) is 6.61 Å². The van der Waals surface area contributed by atoms with Crippen LogP contribution in [0.15, 0.2) is 47.8 Å². The van der Waals surface area contributed by atoms with Gasteiger partial charge >= 0.3 is 0 Å². The van der Waals surface area contributed by atoms with Crippen molar-refractivity contribution in [2.75, 3.05) is 6.61 Å². The number of rotatable bonds is 6. The highest BCUT2D eigenvalue weighted by atomic mass is 32.1. The molecule has 0 amide bonds. The van der Waals surface area contributed by atoms with Crippen LogP contribution in [0.25, 0.3) is 0 Å². The van der Waals surface area contributed by atoms with Crippen molar-refractivity contribution in [2.45, 2.75) is 13.0 Å². The fourth-order valence-electron chi connectivity index (χ4n) is 1.52. The minimum Gasteiger partial charge on any atom is -0.369 e. The molecule has 3 heteroatoms. The van der Waals surface area contributed by atoms with Crippen molar-refractivity contribution in [3.63, 3.8) is 0 Å². The van der Waals surface area contributed by atoms with Crippen molar-refractivity contribution in [2.24, 2.45) is 0 Å². The molecule has 0 aliphatic heterocycles. The number of hydrogen-bond donors (Lipinski definition) is 0. The summed E-state index contributed by atoms with van der Waals surface area (Å²) in [7, 11) is 0. The van der Waals surface area contributed by atoms with Crippen LogP contribution in [0.1, 0.15) is 10.4 Å². The third-order valence-electron chi connectivity index (χ3n) is 2.33. The van der Waals surface area contributed by atoms with E-state index in [2.05, 4.69) is 0 Å². The summed E-state index contributed by atoms with van der Waals surface area (Å²) >= 11 is 1.60.